The van der Waals surface area contributed by atoms with E-state index in [1.807, 2.05) is 0 Å². The standard InChI is InChI=1S/C12H16BrFN2O2S/c1-2-16(7-8-3-4-8)19(17,18)12-6-11(15)10(14)5-9(12)13/h5-6,8H,2-4,7,15H2,1H3. The molecule has 1 saturated carbocycles. The molecule has 19 heavy (non-hydrogen) atoms. The van der Waals surface area contributed by atoms with Gasteiger partial charge in [0, 0.05) is 17.6 Å². The van der Waals surface area contributed by atoms with E-state index in [1.165, 1.54) is 10.4 Å². The van der Waals surface area contributed by atoms with Gasteiger partial charge in [-0.2, -0.15) is 4.31 Å². The summed E-state index contributed by atoms with van der Waals surface area (Å²) in [6, 6.07) is 2.26. The van der Waals surface area contributed by atoms with Gasteiger partial charge in [-0.05, 0) is 46.8 Å². The Morgan fingerprint density at radius 1 is 1.47 bits per heavy atom. The van der Waals surface area contributed by atoms with Gasteiger partial charge in [0.25, 0.3) is 0 Å². The summed E-state index contributed by atoms with van der Waals surface area (Å²) >= 11 is 3.10. The molecule has 0 aliphatic heterocycles. The van der Waals surface area contributed by atoms with Gasteiger partial charge in [0.2, 0.25) is 10.0 Å². The minimum Gasteiger partial charge on any atom is -0.396 e. The van der Waals surface area contributed by atoms with Crippen LogP contribution in [0.25, 0.3) is 0 Å². The van der Waals surface area contributed by atoms with Crippen molar-refractivity contribution in [1.82, 2.24) is 4.31 Å². The molecule has 1 aromatic carbocycles. The topological polar surface area (TPSA) is 63.4 Å². The molecule has 2 rings (SSSR count). The van der Waals surface area contributed by atoms with Gasteiger partial charge in [0.15, 0.2) is 0 Å². The largest absolute Gasteiger partial charge is 0.396 e. The van der Waals surface area contributed by atoms with E-state index < -0.39 is 15.8 Å². The molecule has 1 aromatic rings. The van der Waals surface area contributed by atoms with E-state index in [1.54, 1.807) is 6.92 Å². The minimum absolute atomic E-state index is 0.0221. The summed E-state index contributed by atoms with van der Waals surface area (Å²) in [5.74, 6) is -0.178. The molecule has 4 nitrogen and oxygen atoms in total. The number of sulfonamides is 1. The molecule has 0 unspecified atom stereocenters. The van der Waals surface area contributed by atoms with Gasteiger partial charge in [-0.3, -0.25) is 0 Å². The highest BCUT2D eigenvalue weighted by Gasteiger charge is 2.32. The highest BCUT2D eigenvalue weighted by molar-refractivity contribution is 9.10. The fraction of sp³-hybridized carbons (Fsp3) is 0.500. The van der Waals surface area contributed by atoms with Crippen molar-refractivity contribution in [2.45, 2.75) is 24.7 Å². The lowest BCUT2D eigenvalue weighted by atomic mass is 10.3. The van der Waals surface area contributed by atoms with E-state index in [0.29, 0.717) is 19.0 Å². The van der Waals surface area contributed by atoms with E-state index in [0.717, 1.165) is 18.9 Å². The van der Waals surface area contributed by atoms with Gasteiger partial charge in [-0.15, -0.1) is 0 Å². The van der Waals surface area contributed by atoms with Gasteiger partial charge in [0.1, 0.15) is 5.82 Å². The number of halogens is 2. The monoisotopic (exact) mass is 350 g/mol. The molecule has 0 aromatic heterocycles. The fourth-order valence-corrected chi connectivity index (χ4v) is 4.40. The molecule has 1 aliphatic rings. The predicted molar refractivity (Wildman–Crippen MR) is 75.7 cm³/mol. The quantitative estimate of drug-likeness (QED) is 0.830. The van der Waals surface area contributed by atoms with E-state index in [-0.39, 0.29) is 15.1 Å². The van der Waals surface area contributed by atoms with Crippen LogP contribution in [0.4, 0.5) is 10.1 Å². The van der Waals surface area contributed by atoms with Crippen LogP contribution in [-0.4, -0.2) is 25.8 Å². The van der Waals surface area contributed by atoms with Crippen molar-refractivity contribution in [2.75, 3.05) is 18.8 Å². The summed E-state index contributed by atoms with van der Waals surface area (Å²) in [6.07, 6.45) is 2.14. The van der Waals surface area contributed by atoms with Gasteiger partial charge < -0.3 is 5.73 Å². The van der Waals surface area contributed by atoms with Crippen molar-refractivity contribution in [3.8, 4) is 0 Å². The molecule has 0 saturated heterocycles. The van der Waals surface area contributed by atoms with Gasteiger partial charge in [-0.25, -0.2) is 12.8 Å². The van der Waals surface area contributed by atoms with Crippen molar-refractivity contribution in [3.05, 3.63) is 22.4 Å². The van der Waals surface area contributed by atoms with Crippen LogP contribution in [0.5, 0.6) is 0 Å². The zero-order valence-electron chi connectivity index (χ0n) is 10.6. The first-order chi connectivity index (χ1) is 8.86. The molecule has 0 amide bonds. The molecule has 1 aliphatic carbocycles. The maximum Gasteiger partial charge on any atom is 0.244 e. The lowest BCUT2D eigenvalue weighted by molar-refractivity contribution is 0.411. The van der Waals surface area contributed by atoms with Crippen LogP contribution in [0.15, 0.2) is 21.5 Å². The molecule has 2 N–H and O–H groups in total. The SMILES string of the molecule is CCN(CC1CC1)S(=O)(=O)c1cc(N)c(F)cc1Br. The lowest BCUT2D eigenvalue weighted by Gasteiger charge is -2.21. The summed E-state index contributed by atoms with van der Waals surface area (Å²) in [6.45, 7) is 2.70. The zero-order valence-corrected chi connectivity index (χ0v) is 13.0. The first kappa shape index (κ1) is 14.7. The Balaban J connectivity index is 2.39. The average molecular weight is 351 g/mol. The zero-order chi connectivity index (χ0) is 14.2. The highest BCUT2D eigenvalue weighted by Crippen LogP contribution is 2.34. The van der Waals surface area contributed by atoms with Crippen molar-refractivity contribution in [2.24, 2.45) is 5.92 Å². The van der Waals surface area contributed by atoms with E-state index in [4.69, 9.17) is 5.73 Å². The summed E-state index contributed by atoms with van der Waals surface area (Å²) in [7, 11) is -3.64. The third-order valence-corrected chi connectivity index (χ3v) is 6.08. The molecule has 0 heterocycles. The number of hydrogen-bond donors (Lipinski definition) is 1. The normalized spacial score (nSPS) is 16.0. The predicted octanol–water partition coefficient (Wildman–Crippen LogP) is 2.59. The number of nitrogens with two attached hydrogens (primary N) is 1. The summed E-state index contributed by atoms with van der Waals surface area (Å²) < 4.78 is 40.0. The average Bonchev–Trinajstić information content (AvgIpc) is 3.14. The second-order valence-corrected chi connectivity index (χ2v) is 7.46. The van der Waals surface area contributed by atoms with Crippen LogP contribution < -0.4 is 5.73 Å². The molecular formula is C12H16BrFN2O2S. The number of rotatable bonds is 5. The Morgan fingerprint density at radius 2 is 2.11 bits per heavy atom. The Kier molecular flexibility index (Phi) is 4.17. The van der Waals surface area contributed by atoms with Crippen LogP contribution in [0.3, 0.4) is 0 Å². The number of hydrogen-bond acceptors (Lipinski definition) is 3. The van der Waals surface area contributed by atoms with Gasteiger partial charge in [-0.1, -0.05) is 6.92 Å². The van der Waals surface area contributed by atoms with E-state index >= 15 is 0 Å². The number of benzene rings is 1. The summed E-state index contributed by atoms with van der Waals surface area (Å²) in [5, 5.41) is 0. The molecule has 0 radical (unpaired) electrons. The first-order valence-electron chi connectivity index (χ1n) is 6.11. The second-order valence-electron chi connectivity index (χ2n) is 4.70. The van der Waals surface area contributed by atoms with E-state index in [9.17, 15) is 12.8 Å². The Hall–Kier alpha value is -0.660. The molecule has 106 valence electrons. The van der Waals surface area contributed by atoms with Crippen LogP contribution in [0, 0.1) is 11.7 Å². The highest BCUT2D eigenvalue weighted by atomic mass is 79.9. The van der Waals surface area contributed by atoms with Crippen molar-refractivity contribution in [1.29, 1.82) is 0 Å². The van der Waals surface area contributed by atoms with Crippen LogP contribution in [0.2, 0.25) is 0 Å². The Bertz CT molecular complexity index is 588. The summed E-state index contributed by atoms with van der Waals surface area (Å²) in [4.78, 5) is 0.0221. The van der Waals surface area contributed by atoms with Crippen LogP contribution in [-0.2, 0) is 10.0 Å². The molecule has 1 fully saturated rings. The number of nitrogens with zero attached hydrogens (tertiary/aromatic N) is 1. The maximum absolute atomic E-state index is 13.3. The molecule has 7 heteroatoms. The molecule has 0 spiro atoms. The molecule has 0 atom stereocenters. The van der Waals surface area contributed by atoms with E-state index in [2.05, 4.69) is 15.9 Å². The van der Waals surface area contributed by atoms with Crippen molar-refractivity contribution < 1.29 is 12.8 Å². The Labute approximate surface area is 121 Å². The van der Waals surface area contributed by atoms with Crippen molar-refractivity contribution in [3.63, 3.8) is 0 Å². The number of anilines is 1. The Morgan fingerprint density at radius 3 is 2.63 bits per heavy atom. The van der Waals surface area contributed by atoms with Crippen LogP contribution >= 0.6 is 15.9 Å². The summed E-state index contributed by atoms with van der Waals surface area (Å²) in [5.41, 5.74) is 5.30. The molecular weight excluding hydrogens is 335 g/mol. The van der Waals surface area contributed by atoms with Gasteiger partial charge >= 0.3 is 0 Å². The number of nitrogen functional groups attached to an aromatic ring is 1. The third-order valence-electron chi connectivity index (χ3n) is 3.18. The lowest BCUT2D eigenvalue weighted by Crippen LogP contribution is -2.33. The minimum atomic E-state index is -3.64. The van der Waals surface area contributed by atoms with Crippen LogP contribution in [0.1, 0.15) is 19.8 Å². The first-order valence-corrected chi connectivity index (χ1v) is 8.34. The maximum atomic E-state index is 13.3. The van der Waals surface area contributed by atoms with Crippen molar-refractivity contribution >= 4 is 31.6 Å². The molecule has 0 bridgehead atoms. The third kappa shape index (κ3) is 3.09. The smallest absolute Gasteiger partial charge is 0.244 e. The second kappa shape index (κ2) is 5.38. The fourth-order valence-electron chi connectivity index (χ4n) is 1.87. The van der Waals surface area contributed by atoms with Gasteiger partial charge in [0.05, 0.1) is 10.6 Å².